The number of phenolic OH excluding ortho intramolecular Hbond substituents is 1. The second kappa shape index (κ2) is 6.78. The highest BCUT2D eigenvalue weighted by molar-refractivity contribution is 7.55. The van der Waals surface area contributed by atoms with Gasteiger partial charge in [-0.1, -0.05) is 26.2 Å². The molecule has 0 aliphatic heterocycles. The Labute approximate surface area is 108 Å². The molecule has 0 spiro atoms. The summed E-state index contributed by atoms with van der Waals surface area (Å²) in [5.41, 5.74) is 6.20. The Hall–Kier alpha value is -1.03. The van der Waals surface area contributed by atoms with E-state index in [0.717, 1.165) is 37.7 Å². The molecule has 1 atom stereocenters. The van der Waals surface area contributed by atoms with Crippen molar-refractivity contribution in [2.24, 2.45) is 5.50 Å². The fraction of sp³-hybridized carbons (Fsp3) is 0.500. The first-order valence-electron chi connectivity index (χ1n) is 6.12. The van der Waals surface area contributed by atoms with Crippen LogP contribution in [0.4, 0.5) is 5.69 Å². The summed E-state index contributed by atoms with van der Waals surface area (Å²) in [6.07, 6.45) is 5.06. The number of phenols is 1. The molecule has 18 heavy (non-hydrogen) atoms. The average molecular weight is 271 g/mol. The minimum Gasteiger partial charge on any atom is -0.772 e. The van der Waals surface area contributed by atoms with Crippen molar-refractivity contribution in [2.45, 2.75) is 39.0 Å². The lowest BCUT2D eigenvalue weighted by Crippen LogP contribution is -2.17. The molecule has 0 radical (unpaired) electrons. The van der Waals surface area contributed by atoms with Crippen molar-refractivity contribution in [3.63, 3.8) is 0 Å². The van der Waals surface area contributed by atoms with Crippen LogP contribution in [-0.4, -0.2) is 5.11 Å². The van der Waals surface area contributed by atoms with E-state index in [0.29, 0.717) is 5.69 Å². The number of aryl methyl sites for hydroxylation is 1. The molecule has 0 aliphatic carbocycles. The quantitative estimate of drug-likeness (QED) is 0.401. The van der Waals surface area contributed by atoms with E-state index in [9.17, 15) is 14.6 Å². The smallest absolute Gasteiger partial charge is 0.165 e. The lowest BCUT2D eigenvalue weighted by molar-refractivity contribution is -0.173. The molecule has 1 aromatic carbocycles. The van der Waals surface area contributed by atoms with E-state index in [1.165, 1.54) is 12.1 Å². The van der Waals surface area contributed by atoms with Crippen LogP contribution in [0, 0.1) is 0 Å². The van der Waals surface area contributed by atoms with E-state index >= 15 is 0 Å². The van der Waals surface area contributed by atoms with Gasteiger partial charge in [0.05, 0.1) is 0 Å². The summed E-state index contributed by atoms with van der Waals surface area (Å²) >= 11 is 0. The lowest BCUT2D eigenvalue weighted by Gasteiger charge is -2.22. The van der Waals surface area contributed by atoms with Gasteiger partial charge in [-0.15, -0.1) is 0 Å². The zero-order chi connectivity index (χ0) is 13.6. The van der Waals surface area contributed by atoms with Gasteiger partial charge in [0.25, 0.3) is 0 Å². The number of hydrogen-bond acceptors (Lipinski definition) is 3. The van der Waals surface area contributed by atoms with Gasteiger partial charge in [0.2, 0.25) is 0 Å². The van der Waals surface area contributed by atoms with Gasteiger partial charge >= 0.3 is 0 Å². The first-order valence-corrected chi connectivity index (χ1v) is 7.81. The second-order valence-corrected chi connectivity index (χ2v) is 5.78. The van der Waals surface area contributed by atoms with E-state index in [-0.39, 0.29) is 5.75 Å². The van der Waals surface area contributed by atoms with Crippen molar-refractivity contribution >= 4 is 13.4 Å². The Bertz CT molecular complexity index is 431. The number of rotatable bonds is 7. The molecule has 4 N–H and O–H groups in total. The third kappa shape index (κ3) is 5.54. The first kappa shape index (κ1) is 15.0. The molecule has 0 aromatic heterocycles. The minimum absolute atomic E-state index is 0.129. The molecule has 0 saturated carbocycles. The van der Waals surface area contributed by atoms with Crippen molar-refractivity contribution in [1.82, 2.24) is 0 Å². The SMILES string of the molecule is CCCCCCc1cc(O)ccc1NP(N)(=O)[O-]. The maximum absolute atomic E-state index is 11.0. The molecule has 1 rings (SSSR count). The summed E-state index contributed by atoms with van der Waals surface area (Å²) in [4.78, 5) is 11.0. The third-order valence-electron chi connectivity index (χ3n) is 2.66. The maximum Gasteiger partial charge on any atom is 0.165 e. The minimum atomic E-state index is -4.06. The maximum atomic E-state index is 11.0. The summed E-state index contributed by atoms with van der Waals surface area (Å²) in [5.74, 6) is 0.129. The van der Waals surface area contributed by atoms with E-state index in [1.54, 1.807) is 6.07 Å². The van der Waals surface area contributed by atoms with Gasteiger partial charge < -0.3 is 15.1 Å². The van der Waals surface area contributed by atoms with Crippen molar-refractivity contribution < 1.29 is 14.6 Å². The lowest BCUT2D eigenvalue weighted by atomic mass is 10.0. The van der Waals surface area contributed by atoms with Gasteiger partial charge in [-0.25, -0.2) is 0 Å². The summed E-state index contributed by atoms with van der Waals surface area (Å²) in [7, 11) is -4.06. The van der Waals surface area contributed by atoms with E-state index in [1.807, 2.05) is 0 Å². The van der Waals surface area contributed by atoms with Crippen molar-refractivity contribution in [3.8, 4) is 5.75 Å². The Balaban J connectivity index is 2.74. The number of nitrogens with two attached hydrogens (primary N) is 1. The first-order chi connectivity index (χ1) is 8.42. The average Bonchev–Trinajstić information content (AvgIpc) is 2.26. The summed E-state index contributed by atoms with van der Waals surface area (Å²) in [6.45, 7) is 2.13. The fourth-order valence-electron chi connectivity index (χ4n) is 1.81. The Morgan fingerprint density at radius 1 is 1.39 bits per heavy atom. The van der Waals surface area contributed by atoms with Gasteiger partial charge in [-0.3, -0.25) is 10.1 Å². The van der Waals surface area contributed by atoms with Crippen molar-refractivity contribution in [3.05, 3.63) is 23.8 Å². The third-order valence-corrected chi connectivity index (χ3v) is 3.22. The monoisotopic (exact) mass is 271 g/mol. The molecule has 0 bridgehead atoms. The highest BCUT2D eigenvalue weighted by Crippen LogP contribution is 2.32. The van der Waals surface area contributed by atoms with Crippen molar-refractivity contribution in [2.75, 3.05) is 5.09 Å². The van der Waals surface area contributed by atoms with Crippen LogP contribution in [0.25, 0.3) is 0 Å². The Morgan fingerprint density at radius 2 is 2.11 bits per heavy atom. The van der Waals surface area contributed by atoms with Gasteiger partial charge in [0, 0.05) is 5.69 Å². The number of unbranched alkanes of at least 4 members (excludes halogenated alkanes) is 3. The zero-order valence-corrected chi connectivity index (χ0v) is 11.5. The summed E-state index contributed by atoms with van der Waals surface area (Å²) in [6, 6.07) is 4.54. The van der Waals surface area contributed by atoms with Crippen LogP contribution in [-0.2, 0) is 11.0 Å². The number of aromatic hydroxyl groups is 1. The zero-order valence-electron chi connectivity index (χ0n) is 10.6. The summed E-state index contributed by atoms with van der Waals surface area (Å²) in [5, 5.41) is 11.7. The largest absolute Gasteiger partial charge is 0.772 e. The molecule has 6 heteroatoms. The predicted molar refractivity (Wildman–Crippen MR) is 71.4 cm³/mol. The molecule has 5 nitrogen and oxygen atoms in total. The highest BCUT2D eigenvalue weighted by Gasteiger charge is 2.07. The molecule has 0 amide bonds. The number of hydrogen-bond donors (Lipinski definition) is 3. The van der Waals surface area contributed by atoms with Crippen LogP contribution in [0.3, 0.4) is 0 Å². The van der Waals surface area contributed by atoms with Crippen LogP contribution in [0.1, 0.15) is 38.2 Å². The molecule has 1 aromatic rings. The molecular weight excluding hydrogens is 251 g/mol. The Morgan fingerprint density at radius 3 is 2.72 bits per heavy atom. The van der Waals surface area contributed by atoms with Crippen LogP contribution in [0.2, 0.25) is 0 Å². The number of benzene rings is 1. The normalized spacial score (nSPS) is 14.2. The molecule has 1 unspecified atom stereocenters. The van der Waals surface area contributed by atoms with Crippen LogP contribution in [0.5, 0.6) is 5.75 Å². The van der Waals surface area contributed by atoms with Gasteiger partial charge in [0.1, 0.15) is 5.75 Å². The molecular formula is C12H20N2O3P-. The van der Waals surface area contributed by atoms with Crippen molar-refractivity contribution in [1.29, 1.82) is 0 Å². The highest BCUT2D eigenvalue weighted by atomic mass is 31.2. The number of nitrogens with one attached hydrogen (secondary N) is 1. The summed E-state index contributed by atoms with van der Waals surface area (Å²) < 4.78 is 11.0. The van der Waals surface area contributed by atoms with Crippen LogP contribution >= 0.6 is 7.67 Å². The predicted octanol–water partition coefficient (Wildman–Crippen LogP) is 2.35. The van der Waals surface area contributed by atoms with Crippen LogP contribution in [0.15, 0.2) is 18.2 Å². The molecule has 0 saturated heterocycles. The molecule has 102 valence electrons. The molecule has 0 heterocycles. The van der Waals surface area contributed by atoms with Gasteiger partial charge in [-0.2, -0.15) is 0 Å². The fourth-order valence-corrected chi connectivity index (χ4v) is 2.36. The Kier molecular flexibility index (Phi) is 5.66. The second-order valence-electron chi connectivity index (χ2n) is 4.36. The van der Waals surface area contributed by atoms with Crippen LogP contribution < -0.4 is 15.5 Å². The van der Waals surface area contributed by atoms with Gasteiger partial charge in [-0.05, 0) is 36.6 Å². The van der Waals surface area contributed by atoms with E-state index < -0.39 is 7.67 Å². The van der Waals surface area contributed by atoms with E-state index in [2.05, 4.69) is 12.0 Å². The van der Waals surface area contributed by atoms with E-state index in [4.69, 9.17) is 5.50 Å². The number of anilines is 1. The topological polar surface area (TPSA) is 98.4 Å². The molecule has 0 fully saturated rings. The standard InChI is InChI=1S/C12H21N2O3P/c1-2-3-4-5-6-10-9-11(15)7-8-12(10)14-18(13,16)17/h7-9,15H,2-6H2,1H3,(H4,13,14,16,17)/p-1. The molecule has 0 aliphatic rings. The van der Waals surface area contributed by atoms with Gasteiger partial charge in [0.15, 0.2) is 7.67 Å².